The summed E-state index contributed by atoms with van der Waals surface area (Å²) in [6.07, 6.45) is 4.67. The van der Waals surface area contributed by atoms with E-state index in [1.165, 1.54) is 18.7 Å². The normalized spacial score (nSPS) is 20.3. The van der Waals surface area contributed by atoms with Crippen LogP contribution in [0.5, 0.6) is 0 Å². The van der Waals surface area contributed by atoms with E-state index in [9.17, 15) is 58.2 Å². The van der Waals surface area contributed by atoms with Gasteiger partial charge in [0.2, 0.25) is 41.4 Å². The minimum Gasteiger partial charge on any atom is -0.480 e. The molecule has 0 spiro atoms. The van der Waals surface area contributed by atoms with E-state index in [0.717, 1.165) is 35.6 Å². The number of carboxylic acid groups (broad SMARTS) is 1. The topological polar surface area (TPSA) is 354 Å². The van der Waals surface area contributed by atoms with Gasteiger partial charge in [-0.1, -0.05) is 106 Å². The monoisotopic (exact) mass is 1180 g/mol. The molecule has 1 unspecified atom stereocenters. The van der Waals surface area contributed by atoms with Crippen LogP contribution >= 0.6 is 0 Å². The predicted octanol–water partition coefficient (Wildman–Crippen LogP) is 3.50. The van der Waals surface area contributed by atoms with E-state index in [1.54, 1.807) is 49.1 Å². The maximum absolute atomic E-state index is 15.0. The van der Waals surface area contributed by atoms with Crippen molar-refractivity contribution >= 4 is 75.5 Å². The fourth-order valence-corrected chi connectivity index (χ4v) is 12.4. The van der Waals surface area contributed by atoms with Crippen LogP contribution in [0.15, 0.2) is 72.8 Å². The molecule has 1 aliphatic carbocycles. The number of fused-ring (bicyclic) bond motifs is 2. The fourth-order valence-electron chi connectivity index (χ4n) is 12.4. The largest absolute Gasteiger partial charge is 0.480 e. The zero-order valence-electron chi connectivity index (χ0n) is 49.6. The number of carbonyl (C=O) groups is 10. The van der Waals surface area contributed by atoms with Gasteiger partial charge in [-0.2, -0.15) is 0 Å². The van der Waals surface area contributed by atoms with Crippen molar-refractivity contribution in [2.24, 2.45) is 29.2 Å². The number of hydrogen-bond donors (Lipinski definition) is 10. The number of amides is 7. The van der Waals surface area contributed by atoms with Crippen LogP contribution < -0.4 is 38.1 Å². The van der Waals surface area contributed by atoms with Gasteiger partial charge in [-0.25, -0.2) is 4.79 Å². The van der Waals surface area contributed by atoms with Crippen LogP contribution in [0, 0.1) is 23.2 Å². The Bertz CT molecular complexity index is 2880. The molecular formula is C63H88N10O12. The molecule has 3 aliphatic rings. The molecule has 22 heteroatoms. The van der Waals surface area contributed by atoms with Gasteiger partial charge in [0.25, 0.3) is 0 Å². The maximum atomic E-state index is 15.0. The smallest absolute Gasteiger partial charge is 0.326 e. The summed E-state index contributed by atoms with van der Waals surface area (Å²) in [6.45, 7) is 5.85. The number of amidine groups is 1. The number of hydrogen-bond acceptors (Lipinski definition) is 13. The molecule has 85 heavy (non-hydrogen) atoms. The maximum Gasteiger partial charge on any atom is 0.326 e. The first-order chi connectivity index (χ1) is 40.6. The number of nitrogens with zero attached hydrogens (tertiary/aromatic N) is 2. The highest BCUT2D eigenvalue weighted by Crippen LogP contribution is 2.42. The summed E-state index contributed by atoms with van der Waals surface area (Å²) in [5.74, 6) is -8.15. The Morgan fingerprint density at radius 2 is 1.47 bits per heavy atom. The fraction of sp³-hybridized carbons (Fsp3) is 0.571. The summed E-state index contributed by atoms with van der Waals surface area (Å²) in [7, 11) is 0. The van der Waals surface area contributed by atoms with Crippen molar-refractivity contribution < 1.29 is 58.2 Å². The summed E-state index contributed by atoms with van der Waals surface area (Å²) >= 11 is 0. The van der Waals surface area contributed by atoms with Gasteiger partial charge in [-0.3, -0.25) is 48.6 Å². The highest BCUT2D eigenvalue weighted by atomic mass is 16.4. The van der Waals surface area contributed by atoms with Crippen molar-refractivity contribution in [1.82, 2.24) is 36.4 Å². The first-order valence-electron chi connectivity index (χ1n) is 30.1. The minimum atomic E-state index is -1.77. The molecule has 0 bridgehead atoms. The number of aliphatic carboxylic acids is 1. The van der Waals surface area contributed by atoms with E-state index >= 15 is 0 Å². The molecule has 6 rings (SSSR count). The molecule has 2 heterocycles. The zero-order chi connectivity index (χ0) is 62.0. The average molecular weight is 1180 g/mol. The summed E-state index contributed by atoms with van der Waals surface area (Å²) in [6, 6.07) is 14.7. The van der Waals surface area contributed by atoms with Gasteiger partial charge in [-0.05, 0) is 111 Å². The predicted molar refractivity (Wildman–Crippen MR) is 319 cm³/mol. The summed E-state index contributed by atoms with van der Waals surface area (Å²) in [5.41, 5.74) is 11.0. The van der Waals surface area contributed by atoms with E-state index in [-0.39, 0.29) is 82.3 Å². The number of rotatable bonds is 32. The first kappa shape index (κ1) is 66.5. The van der Waals surface area contributed by atoms with Gasteiger partial charge in [0.05, 0.1) is 18.5 Å². The van der Waals surface area contributed by atoms with Crippen molar-refractivity contribution in [2.75, 3.05) is 19.7 Å². The molecule has 0 aromatic heterocycles. The van der Waals surface area contributed by atoms with Crippen LogP contribution in [0.1, 0.15) is 142 Å². The van der Waals surface area contributed by atoms with E-state index in [1.807, 2.05) is 42.5 Å². The lowest BCUT2D eigenvalue weighted by Crippen LogP contribution is -2.61. The Morgan fingerprint density at radius 3 is 2.15 bits per heavy atom. The van der Waals surface area contributed by atoms with Gasteiger partial charge in [-0.15, -0.1) is 0 Å². The Labute approximate surface area is 497 Å². The number of likely N-dealkylation sites (tertiary alicyclic amines) is 2. The molecule has 2 aliphatic heterocycles. The van der Waals surface area contributed by atoms with Crippen LogP contribution in [0.25, 0.3) is 10.8 Å². The Kier molecular flexibility index (Phi) is 24.7. The second kappa shape index (κ2) is 31.5. The standard InChI is InChI=1S/C63H88N10O12/c1-5-38(2)56(61(83)84)70-57(79)44(33-42-22-13-21-41-19-9-11-23-45(41)42)35-53(77)48(37-74)69-62(85)63(4,36-40-17-7-6-8-18-40)71-55(78)30-29-52(76)50-27-16-32-72(50)60(82)51-34-43-20-10-12-26-49(43)73(51)59(81)47(24-14-28-54(65)66)68-58(80)46(25-15-31-64)67-39(3)75/h6-9,11,13,17-19,21-23,38,43-44,46-51,56,74H,5,10,12,14-16,20,24-37,64H2,1-4H3,(H3,65,66)(H,67,75)(H,68,80)(H,69,85)(H,70,79)(H,71,78)(H,83,84)/t38-,43+,44+,46-,47-,48-,49+,50-,51+,56+,63?/m1/s1. The molecule has 3 fully saturated rings. The van der Waals surface area contributed by atoms with Gasteiger partial charge in [0, 0.05) is 57.5 Å². The number of ketones is 2. The van der Waals surface area contributed by atoms with Crippen molar-refractivity contribution in [2.45, 2.75) is 191 Å². The third-order valence-corrected chi connectivity index (χ3v) is 17.2. The molecular weight excluding hydrogens is 1090 g/mol. The molecule has 12 N–H and O–H groups in total. The molecule has 11 atom stereocenters. The van der Waals surface area contributed by atoms with E-state index in [2.05, 4.69) is 26.6 Å². The lowest BCUT2D eigenvalue weighted by atomic mass is 9.84. The van der Waals surface area contributed by atoms with Crippen molar-refractivity contribution in [3.05, 3.63) is 83.9 Å². The molecule has 7 amide bonds. The number of nitrogens with one attached hydrogen (secondary N) is 6. The number of Topliss-reactive ketones (excluding diaryl/α,β-unsaturated/α-hetero) is 2. The molecule has 1 saturated carbocycles. The summed E-state index contributed by atoms with van der Waals surface area (Å²) in [4.78, 5) is 143. The van der Waals surface area contributed by atoms with E-state index in [0.29, 0.717) is 44.1 Å². The second-order valence-electron chi connectivity index (χ2n) is 23.6. The van der Waals surface area contributed by atoms with Gasteiger partial charge in [0.1, 0.15) is 35.7 Å². The zero-order valence-corrected chi connectivity index (χ0v) is 49.6. The molecule has 3 aromatic rings. The van der Waals surface area contributed by atoms with Gasteiger partial charge < -0.3 is 58.1 Å². The number of aliphatic hydroxyl groups excluding tert-OH is 1. The van der Waals surface area contributed by atoms with Gasteiger partial charge >= 0.3 is 5.97 Å². The number of carboxylic acids is 1. The molecule has 462 valence electrons. The first-order valence-corrected chi connectivity index (χ1v) is 30.1. The number of nitrogens with two attached hydrogens (primary N) is 2. The molecule has 3 aromatic carbocycles. The van der Waals surface area contributed by atoms with Crippen LogP contribution in [0.4, 0.5) is 0 Å². The van der Waals surface area contributed by atoms with Crippen LogP contribution in [-0.2, 0) is 60.8 Å². The van der Waals surface area contributed by atoms with Crippen molar-refractivity contribution in [3.63, 3.8) is 0 Å². The second-order valence-corrected chi connectivity index (χ2v) is 23.6. The number of carbonyl (C=O) groups excluding carboxylic acids is 9. The van der Waals surface area contributed by atoms with Crippen LogP contribution in [0.2, 0.25) is 0 Å². The van der Waals surface area contributed by atoms with Crippen LogP contribution in [-0.4, -0.2) is 152 Å². The average Bonchev–Trinajstić information content (AvgIpc) is 2.48. The SMILES string of the molecule is CC[C@@H](C)[C@H](NC(=O)[C@H](CC(=O)[C@@H](CO)NC(=O)C(C)(Cc1ccccc1)NC(=O)CCC(=O)[C@H]1CCCN1C(=O)[C@@H]1C[C@@H]2CCCC[C@@H]2N1C(=O)[C@@H](CCCC(=N)N)NC(=O)[C@@H](CCCN)NC(C)=O)Cc1cccc2ccccc12)C(=O)O. The molecule has 22 nitrogen and oxygen atoms in total. The van der Waals surface area contributed by atoms with E-state index < -0.39 is 126 Å². The Hall–Kier alpha value is -7.59. The Balaban J connectivity index is 1.17. The lowest BCUT2D eigenvalue weighted by molar-refractivity contribution is -0.149. The number of aliphatic hydroxyl groups is 1. The number of benzene rings is 3. The van der Waals surface area contributed by atoms with Crippen LogP contribution in [0.3, 0.4) is 0 Å². The highest BCUT2D eigenvalue weighted by Gasteiger charge is 2.51. The molecule has 0 radical (unpaired) electrons. The van der Waals surface area contributed by atoms with Crippen molar-refractivity contribution in [1.29, 1.82) is 5.41 Å². The van der Waals surface area contributed by atoms with E-state index in [4.69, 9.17) is 16.9 Å². The lowest BCUT2D eigenvalue weighted by Gasteiger charge is -2.38. The summed E-state index contributed by atoms with van der Waals surface area (Å²) in [5, 5.41) is 43.8. The third-order valence-electron chi connectivity index (χ3n) is 17.2. The molecule has 2 saturated heterocycles. The van der Waals surface area contributed by atoms with Gasteiger partial charge in [0.15, 0.2) is 11.6 Å². The quantitative estimate of drug-likeness (QED) is 0.0316. The highest BCUT2D eigenvalue weighted by molar-refractivity contribution is 6.00. The summed E-state index contributed by atoms with van der Waals surface area (Å²) < 4.78 is 0. The van der Waals surface area contributed by atoms with Crippen molar-refractivity contribution in [3.8, 4) is 0 Å². The minimum absolute atomic E-state index is 0.0115. The third kappa shape index (κ3) is 18.0. The Morgan fingerprint density at radius 1 is 0.776 bits per heavy atom.